The van der Waals surface area contributed by atoms with Crippen molar-refractivity contribution in [2.24, 2.45) is 11.0 Å². The fraction of sp³-hybridized carbons (Fsp3) is 0.500. The van der Waals surface area contributed by atoms with Gasteiger partial charge in [0.15, 0.2) is 30.3 Å². The summed E-state index contributed by atoms with van der Waals surface area (Å²) in [5.41, 5.74) is -0.223. The van der Waals surface area contributed by atoms with Gasteiger partial charge in [-0.1, -0.05) is 0 Å². The Morgan fingerprint density at radius 2 is 1.49 bits per heavy atom. The van der Waals surface area contributed by atoms with E-state index in [2.05, 4.69) is 5.10 Å². The number of halogens is 3. The molecule has 5 atom stereocenters. The van der Waals surface area contributed by atoms with E-state index < -0.39 is 85.2 Å². The van der Waals surface area contributed by atoms with Crippen molar-refractivity contribution in [3.05, 3.63) is 29.6 Å². The first-order valence-corrected chi connectivity index (χ1v) is 10.8. The van der Waals surface area contributed by atoms with Gasteiger partial charge in [0.05, 0.1) is 5.69 Å². The fourth-order valence-corrected chi connectivity index (χ4v) is 3.74. The minimum atomic E-state index is -1.68. The van der Waals surface area contributed by atoms with Crippen LogP contribution < -0.4 is 5.01 Å². The lowest BCUT2D eigenvalue weighted by Gasteiger charge is -2.43. The van der Waals surface area contributed by atoms with Gasteiger partial charge in [-0.15, -0.1) is 5.10 Å². The Labute approximate surface area is 208 Å². The second-order valence-electron chi connectivity index (χ2n) is 7.96. The Hall–Kier alpha value is -3.88. The van der Waals surface area contributed by atoms with Crippen molar-refractivity contribution in [2.45, 2.75) is 52.3 Å². The van der Waals surface area contributed by atoms with Crippen molar-refractivity contribution in [3.8, 4) is 0 Å². The van der Waals surface area contributed by atoms with Crippen LogP contribution in [0.4, 0.5) is 18.9 Å². The number of carbonyl (C=O) groups excluding carboxylic acids is 4. The van der Waals surface area contributed by atoms with Gasteiger partial charge in [-0.05, 0) is 0 Å². The molecule has 0 radical (unpaired) electrons. The topological polar surface area (TPSA) is 139 Å². The highest BCUT2D eigenvalue weighted by atomic mass is 19.2. The summed E-state index contributed by atoms with van der Waals surface area (Å²) in [6, 6.07) is 1.35. The standard InChI is InChI=1S/C22H23F3N2O10/c1-9(28)32-7-16-19(34-10(2)29)17(20(35-11(3)30)22(37-16)36-12(4)31)21-26-27(8-33-21)13-5-14(23)18(25)15(24)6-13/h5-6,16-17,19-20,22H,7-8H2,1-4H3/t16-,17+,19+,20-,22+/m1/s1. The van der Waals surface area contributed by atoms with Crippen molar-refractivity contribution in [1.82, 2.24) is 0 Å². The third-order valence-corrected chi connectivity index (χ3v) is 5.09. The quantitative estimate of drug-likeness (QED) is 0.287. The predicted molar refractivity (Wildman–Crippen MR) is 114 cm³/mol. The second-order valence-corrected chi connectivity index (χ2v) is 7.96. The second kappa shape index (κ2) is 11.5. The van der Waals surface area contributed by atoms with Crippen LogP contribution in [0.15, 0.2) is 17.2 Å². The monoisotopic (exact) mass is 532 g/mol. The van der Waals surface area contributed by atoms with E-state index in [4.69, 9.17) is 28.4 Å². The highest BCUT2D eigenvalue weighted by molar-refractivity contribution is 5.84. The van der Waals surface area contributed by atoms with Crippen molar-refractivity contribution in [3.63, 3.8) is 0 Å². The molecule has 2 heterocycles. The molecule has 0 aliphatic carbocycles. The van der Waals surface area contributed by atoms with Crippen LogP contribution in [0.25, 0.3) is 0 Å². The highest BCUT2D eigenvalue weighted by Crippen LogP contribution is 2.36. The van der Waals surface area contributed by atoms with Gasteiger partial charge in [-0.3, -0.25) is 19.2 Å². The summed E-state index contributed by atoms with van der Waals surface area (Å²) in [5, 5.41) is 5.10. The molecule has 37 heavy (non-hydrogen) atoms. The number of rotatable bonds is 7. The van der Waals surface area contributed by atoms with Gasteiger partial charge < -0.3 is 28.4 Å². The number of anilines is 1. The lowest BCUT2D eigenvalue weighted by Crippen LogP contribution is -2.61. The summed E-state index contributed by atoms with van der Waals surface area (Å²) in [7, 11) is 0. The van der Waals surface area contributed by atoms with Crippen molar-refractivity contribution in [2.75, 3.05) is 18.3 Å². The molecule has 0 N–H and O–H groups in total. The summed E-state index contributed by atoms with van der Waals surface area (Å²) < 4.78 is 73.1. The SMILES string of the molecule is CC(=O)OC[C@H]1O[C@H](OC(C)=O)[C@H](OC(C)=O)[C@@H](C2=NN(c3cc(F)c(F)c(F)c3)CO2)[C@H]1OC(C)=O. The van der Waals surface area contributed by atoms with Crippen LogP contribution in [0, 0.1) is 23.4 Å². The average Bonchev–Trinajstić information content (AvgIpc) is 3.26. The van der Waals surface area contributed by atoms with Crippen LogP contribution in [0.5, 0.6) is 0 Å². The molecule has 1 fully saturated rings. The van der Waals surface area contributed by atoms with Gasteiger partial charge in [-0.2, -0.15) is 0 Å². The van der Waals surface area contributed by atoms with Gasteiger partial charge in [-0.25, -0.2) is 18.2 Å². The zero-order valence-corrected chi connectivity index (χ0v) is 20.1. The van der Waals surface area contributed by atoms with Crippen LogP contribution in [-0.2, 0) is 47.6 Å². The summed E-state index contributed by atoms with van der Waals surface area (Å²) in [6.07, 6.45) is -5.69. The van der Waals surface area contributed by atoms with E-state index in [1.54, 1.807) is 0 Å². The third kappa shape index (κ3) is 6.67. The molecule has 0 saturated carbocycles. The summed E-state index contributed by atoms with van der Waals surface area (Å²) in [6.45, 7) is 3.41. The number of nitrogens with zero attached hydrogens (tertiary/aromatic N) is 2. The molecule has 1 saturated heterocycles. The molecule has 0 bridgehead atoms. The van der Waals surface area contributed by atoms with E-state index in [9.17, 15) is 32.3 Å². The van der Waals surface area contributed by atoms with Gasteiger partial charge in [0.1, 0.15) is 24.7 Å². The van der Waals surface area contributed by atoms with Crippen molar-refractivity contribution >= 4 is 35.5 Å². The molecule has 0 amide bonds. The molecule has 202 valence electrons. The Bertz CT molecular complexity index is 1090. The molecule has 1 aromatic rings. The molecule has 2 aliphatic heterocycles. The normalized spacial score (nSPS) is 25.0. The van der Waals surface area contributed by atoms with Gasteiger partial charge >= 0.3 is 23.9 Å². The molecule has 0 aromatic heterocycles. The number of benzene rings is 1. The molecule has 3 rings (SSSR count). The largest absolute Gasteiger partial charge is 0.463 e. The molecular weight excluding hydrogens is 509 g/mol. The lowest BCUT2D eigenvalue weighted by atomic mass is 9.88. The maximum absolute atomic E-state index is 13.8. The van der Waals surface area contributed by atoms with Crippen LogP contribution in [0.2, 0.25) is 0 Å². The number of hydrogen-bond acceptors (Lipinski definition) is 12. The van der Waals surface area contributed by atoms with Crippen LogP contribution in [0.3, 0.4) is 0 Å². The van der Waals surface area contributed by atoms with Crippen molar-refractivity contribution < 1.29 is 60.8 Å². The number of hydrazone groups is 1. The predicted octanol–water partition coefficient (Wildman–Crippen LogP) is 1.54. The minimum absolute atomic E-state index is 0.223. The number of esters is 4. The van der Waals surface area contributed by atoms with Crippen molar-refractivity contribution in [1.29, 1.82) is 0 Å². The zero-order chi connectivity index (χ0) is 27.4. The number of hydrogen-bond donors (Lipinski definition) is 0. The fourth-order valence-electron chi connectivity index (χ4n) is 3.74. The molecule has 12 nitrogen and oxygen atoms in total. The summed E-state index contributed by atoms with van der Waals surface area (Å²) >= 11 is 0. The van der Waals surface area contributed by atoms with E-state index in [1.165, 1.54) is 0 Å². The smallest absolute Gasteiger partial charge is 0.305 e. The van der Waals surface area contributed by atoms with Crippen LogP contribution >= 0.6 is 0 Å². The van der Waals surface area contributed by atoms with E-state index in [0.29, 0.717) is 12.1 Å². The van der Waals surface area contributed by atoms with E-state index in [-0.39, 0.29) is 11.6 Å². The molecule has 15 heteroatoms. The van der Waals surface area contributed by atoms with Crippen LogP contribution in [-0.4, -0.2) is 67.7 Å². The Kier molecular flexibility index (Phi) is 8.57. The van der Waals surface area contributed by atoms with E-state index in [0.717, 1.165) is 32.7 Å². The number of carbonyl (C=O) groups is 4. The Morgan fingerprint density at radius 1 is 0.919 bits per heavy atom. The zero-order valence-electron chi connectivity index (χ0n) is 20.1. The maximum atomic E-state index is 13.8. The lowest BCUT2D eigenvalue weighted by molar-refractivity contribution is -0.280. The van der Waals surface area contributed by atoms with E-state index >= 15 is 0 Å². The maximum Gasteiger partial charge on any atom is 0.305 e. The molecule has 0 unspecified atom stereocenters. The molecular formula is C22H23F3N2O10. The first-order valence-electron chi connectivity index (χ1n) is 10.8. The number of ether oxygens (including phenoxy) is 6. The first kappa shape index (κ1) is 27.7. The molecule has 0 spiro atoms. The van der Waals surface area contributed by atoms with E-state index in [1.807, 2.05) is 0 Å². The summed E-state index contributed by atoms with van der Waals surface area (Å²) in [4.78, 5) is 47.0. The van der Waals surface area contributed by atoms with Gasteiger partial charge in [0.25, 0.3) is 0 Å². The molecule has 1 aromatic carbocycles. The third-order valence-electron chi connectivity index (χ3n) is 5.09. The first-order chi connectivity index (χ1) is 17.4. The Morgan fingerprint density at radius 3 is 2.03 bits per heavy atom. The van der Waals surface area contributed by atoms with Gasteiger partial charge in [0.2, 0.25) is 12.2 Å². The van der Waals surface area contributed by atoms with Gasteiger partial charge in [0, 0.05) is 39.8 Å². The highest BCUT2D eigenvalue weighted by Gasteiger charge is 2.55. The summed E-state index contributed by atoms with van der Waals surface area (Å²) in [5.74, 6) is -9.39. The van der Waals surface area contributed by atoms with Crippen LogP contribution in [0.1, 0.15) is 27.7 Å². The minimum Gasteiger partial charge on any atom is -0.463 e. The molecule has 2 aliphatic rings. The average molecular weight is 532 g/mol. The Balaban J connectivity index is 2.07.